The molecule has 12 heteroatoms. The lowest BCUT2D eigenvalue weighted by Crippen LogP contribution is -2.55. The third kappa shape index (κ3) is 5.65. The van der Waals surface area contributed by atoms with Crippen molar-refractivity contribution in [3.05, 3.63) is 63.3 Å². The van der Waals surface area contributed by atoms with Gasteiger partial charge in [0.05, 0.1) is 41.8 Å². The molecule has 0 saturated carbocycles. The number of benzene rings is 1. The summed E-state index contributed by atoms with van der Waals surface area (Å²) in [6, 6.07) is 3.83. The number of halogens is 4. The average molecular weight is 564 g/mol. The number of H-pyrrole nitrogens is 1. The van der Waals surface area contributed by atoms with Crippen LogP contribution in [-0.4, -0.2) is 85.3 Å². The second-order valence-corrected chi connectivity index (χ2v) is 10.9. The molecule has 40 heavy (non-hydrogen) atoms. The number of hydrogen-bond acceptors (Lipinski definition) is 6. The van der Waals surface area contributed by atoms with E-state index in [-0.39, 0.29) is 17.8 Å². The first kappa shape index (κ1) is 28.3. The molecular formula is C28H33F4N5O3. The molecule has 216 valence electrons. The molecule has 2 fully saturated rings. The van der Waals surface area contributed by atoms with Gasteiger partial charge in [-0.2, -0.15) is 13.2 Å². The lowest BCUT2D eigenvalue weighted by atomic mass is 9.96. The molecule has 5 rings (SSSR count). The molecular weight excluding hydrogens is 530 g/mol. The number of hydrogen-bond donors (Lipinski definition) is 2. The summed E-state index contributed by atoms with van der Waals surface area (Å²) >= 11 is 0. The highest BCUT2D eigenvalue weighted by Crippen LogP contribution is 2.37. The number of nitrogens with zero attached hydrogens (tertiary/aromatic N) is 3. The molecule has 2 aromatic rings. The fourth-order valence-electron chi connectivity index (χ4n) is 5.55. The van der Waals surface area contributed by atoms with Gasteiger partial charge in [-0.25, -0.2) is 4.39 Å². The molecule has 4 heterocycles. The molecule has 8 nitrogen and oxygen atoms in total. The highest BCUT2D eigenvalue weighted by molar-refractivity contribution is 6.07. The Morgan fingerprint density at radius 3 is 2.40 bits per heavy atom. The molecule has 1 aromatic heterocycles. The van der Waals surface area contributed by atoms with Crippen LogP contribution in [0.25, 0.3) is 5.57 Å². The van der Waals surface area contributed by atoms with Gasteiger partial charge in [0.1, 0.15) is 5.82 Å². The van der Waals surface area contributed by atoms with E-state index in [0.717, 1.165) is 18.3 Å². The summed E-state index contributed by atoms with van der Waals surface area (Å²) in [6.07, 6.45) is -1.62. The first-order valence-corrected chi connectivity index (χ1v) is 13.3. The van der Waals surface area contributed by atoms with Gasteiger partial charge in [0, 0.05) is 56.1 Å². The molecule has 2 N–H and O–H groups in total. The fourth-order valence-corrected chi connectivity index (χ4v) is 5.55. The number of amides is 1. The number of anilines is 2. The fraction of sp³-hybridized carbons (Fsp3) is 0.500. The second-order valence-electron chi connectivity index (χ2n) is 10.9. The molecule has 1 aromatic carbocycles. The van der Waals surface area contributed by atoms with E-state index in [9.17, 15) is 22.8 Å². The number of carbonyl (C=O) groups excluding carboxylic acids is 1. The average Bonchev–Trinajstić information content (AvgIpc) is 2.86. The standard InChI is InChI=1S/C28H33F4N5O3/c1-16-12-37(13-17(2)35(16)3)25-10-23(29)20(18-4-6-36(7-5-18)19-14-40-15-19)8-24(25)34-27(39)21-11-33-26(38)9-22(21)28(30,31)32/h4,8-11,16-17,19H,5-7,12-15H2,1-3H3,(H,33,38)(H,34,39). The molecule has 2 unspecified atom stereocenters. The van der Waals surface area contributed by atoms with Gasteiger partial charge in [-0.15, -0.1) is 0 Å². The number of nitrogens with one attached hydrogen (secondary N) is 2. The second kappa shape index (κ2) is 11.0. The summed E-state index contributed by atoms with van der Waals surface area (Å²) in [4.78, 5) is 33.4. The minimum Gasteiger partial charge on any atom is -0.378 e. The summed E-state index contributed by atoms with van der Waals surface area (Å²) < 4.78 is 62.0. The SMILES string of the molecule is CC1CN(c2cc(F)c(C3=CCN(C4COC4)CC3)cc2NC(=O)c2c[nH]c(=O)cc2C(F)(F)F)CC(C)N1C. The Kier molecular flexibility index (Phi) is 7.77. The van der Waals surface area contributed by atoms with Crippen molar-refractivity contribution in [2.75, 3.05) is 56.7 Å². The number of ether oxygens (including phenoxy) is 1. The van der Waals surface area contributed by atoms with Crippen molar-refractivity contribution in [1.29, 1.82) is 0 Å². The van der Waals surface area contributed by atoms with Gasteiger partial charge in [0.15, 0.2) is 0 Å². The van der Waals surface area contributed by atoms with Crippen molar-refractivity contribution in [3.63, 3.8) is 0 Å². The number of piperazine rings is 1. The summed E-state index contributed by atoms with van der Waals surface area (Å²) in [7, 11) is 2.00. The van der Waals surface area contributed by atoms with Crippen molar-refractivity contribution >= 4 is 22.9 Å². The van der Waals surface area contributed by atoms with Crippen LogP contribution in [0.2, 0.25) is 0 Å². The van der Waals surface area contributed by atoms with Crippen LogP contribution in [0.15, 0.2) is 35.3 Å². The molecule has 1 amide bonds. The highest BCUT2D eigenvalue weighted by Gasteiger charge is 2.36. The van der Waals surface area contributed by atoms with E-state index in [1.54, 1.807) is 0 Å². The minimum absolute atomic E-state index is 0.119. The van der Waals surface area contributed by atoms with E-state index in [1.807, 2.05) is 31.9 Å². The molecule has 2 atom stereocenters. The minimum atomic E-state index is -4.91. The zero-order valence-corrected chi connectivity index (χ0v) is 22.6. The van der Waals surface area contributed by atoms with Crippen LogP contribution in [0, 0.1) is 5.82 Å². The monoisotopic (exact) mass is 563 g/mol. The van der Waals surface area contributed by atoms with Gasteiger partial charge >= 0.3 is 6.18 Å². The van der Waals surface area contributed by atoms with Crippen molar-refractivity contribution < 1.29 is 27.1 Å². The maximum Gasteiger partial charge on any atom is 0.417 e. The molecule has 0 radical (unpaired) electrons. The first-order valence-electron chi connectivity index (χ1n) is 13.3. The number of likely N-dealkylation sites (N-methyl/N-ethyl adjacent to an activating group) is 1. The predicted octanol–water partition coefficient (Wildman–Crippen LogP) is 3.80. The molecule has 0 spiro atoms. The van der Waals surface area contributed by atoms with Crippen molar-refractivity contribution in [3.8, 4) is 0 Å². The summed E-state index contributed by atoms with van der Waals surface area (Å²) in [5.41, 5.74) is -1.36. The van der Waals surface area contributed by atoms with Crippen molar-refractivity contribution in [2.24, 2.45) is 0 Å². The lowest BCUT2D eigenvalue weighted by Gasteiger charge is -2.44. The Hall–Kier alpha value is -3.22. The Morgan fingerprint density at radius 1 is 1.12 bits per heavy atom. The summed E-state index contributed by atoms with van der Waals surface area (Å²) in [5.74, 6) is -1.51. The normalized spacial score (nSPS) is 23.1. The van der Waals surface area contributed by atoms with Gasteiger partial charge in [0.25, 0.3) is 5.91 Å². The first-order chi connectivity index (χ1) is 18.9. The Bertz CT molecular complexity index is 1360. The Balaban J connectivity index is 1.52. The largest absolute Gasteiger partial charge is 0.417 e. The number of carbonyl (C=O) groups is 1. The Morgan fingerprint density at radius 2 is 1.82 bits per heavy atom. The van der Waals surface area contributed by atoms with Crippen LogP contribution >= 0.6 is 0 Å². The molecule has 3 aliphatic rings. The van der Waals surface area contributed by atoms with E-state index < -0.39 is 34.6 Å². The third-order valence-electron chi connectivity index (χ3n) is 8.23. The third-order valence-corrected chi connectivity index (χ3v) is 8.23. The number of alkyl halides is 3. The summed E-state index contributed by atoms with van der Waals surface area (Å²) in [6.45, 7) is 7.85. The van der Waals surface area contributed by atoms with E-state index in [1.165, 1.54) is 12.1 Å². The lowest BCUT2D eigenvalue weighted by molar-refractivity contribution is -0.138. The van der Waals surface area contributed by atoms with Gasteiger partial charge in [0.2, 0.25) is 5.56 Å². The van der Waals surface area contributed by atoms with Crippen LogP contribution in [0.5, 0.6) is 0 Å². The van der Waals surface area contributed by atoms with Gasteiger partial charge in [-0.05, 0) is 45.0 Å². The molecule has 0 aliphatic carbocycles. The number of aromatic nitrogens is 1. The van der Waals surface area contributed by atoms with Crippen LogP contribution < -0.4 is 15.8 Å². The Labute approximate surface area is 229 Å². The van der Waals surface area contributed by atoms with Gasteiger partial charge in [-0.1, -0.05) is 6.08 Å². The van der Waals surface area contributed by atoms with Crippen LogP contribution in [0.1, 0.15) is 41.8 Å². The van der Waals surface area contributed by atoms with Crippen molar-refractivity contribution in [1.82, 2.24) is 14.8 Å². The van der Waals surface area contributed by atoms with Crippen molar-refractivity contribution in [2.45, 2.75) is 44.6 Å². The van der Waals surface area contributed by atoms with Gasteiger partial charge < -0.3 is 19.9 Å². The number of pyridine rings is 1. The predicted molar refractivity (Wildman–Crippen MR) is 144 cm³/mol. The topological polar surface area (TPSA) is 80.9 Å². The molecule has 2 saturated heterocycles. The van der Waals surface area contributed by atoms with Crippen LogP contribution in [0.3, 0.4) is 0 Å². The van der Waals surface area contributed by atoms with Gasteiger partial charge in [-0.3, -0.25) is 19.4 Å². The maximum atomic E-state index is 15.7. The smallest absolute Gasteiger partial charge is 0.378 e. The van der Waals surface area contributed by atoms with Crippen LogP contribution in [0.4, 0.5) is 28.9 Å². The number of aromatic amines is 1. The molecule has 3 aliphatic heterocycles. The van der Waals surface area contributed by atoms with E-state index in [2.05, 4.69) is 20.1 Å². The van der Waals surface area contributed by atoms with E-state index in [0.29, 0.717) is 62.6 Å². The zero-order valence-electron chi connectivity index (χ0n) is 22.6. The maximum absolute atomic E-state index is 15.7. The van der Waals surface area contributed by atoms with Crippen LogP contribution in [-0.2, 0) is 10.9 Å². The quantitative estimate of drug-likeness (QED) is 0.539. The summed E-state index contributed by atoms with van der Waals surface area (Å²) in [5, 5.41) is 2.61. The zero-order chi connectivity index (χ0) is 28.8. The van der Waals surface area contributed by atoms with E-state index >= 15 is 4.39 Å². The number of rotatable bonds is 5. The highest BCUT2D eigenvalue weighted by atomic mass is 19.4. The van der Waals surface area contributed by atoms with E-state index in [4.69, 9.17) is 4.74 Å². The molecule has 0 bridgehead atoms.